The Morgan fingerprint density at radius 1 is 0.917 bits per heavy atom. The molecule has 0 aromatic carbocycles. The molecule has 1 aliphatic rings. The number of rotatable bonds is 1. The molecule has 1 rings (SSSR count). The van der Waals surface area contributed by atoms with Crippen molar-refractivity contribution in [1.29, 1.82) is 0 Å². The predicted molar refractivity (Wildman–Crippen MR) is 54.3 cm³/mol. The maximum absolute atomic E-state index is 2.41. The minimum absolute atomic E-state index is 0.838. The van der Waals surface area contributed by atoms with Gasteiger partial charge in [-0.1, -0.05) is 32.6 Å². The Morgan fingerprint density at radius 3 is 2.08 bits per heavy atom. The third kappa shape index (κ3) is 2.78. The van der Waals surface area contributed by atoms with Crippen LogP contribution in [0.5, 0.6) is 0 Å². The summed E-state index contributed by atoms with van der Waals surface area (Å²) in [5, 5.41) is 0. The highest BCUT2D eigenvalue weighted by atomic mass is 15.1. The van der Waals surface area contributed by atoms with Crippen LogP contribution in [0.2, 0.25) is 0 Å². The standard InChI is InChI=1S/C11H23N/c1-10-8-6-4-5-7-9-11(10)12(2)3/h10-11H,4-9H2,1-3H3. The highest BCUT2D eigenvalue weighted by Gasteiger charge is 2.19. The lowest BCUT2D eigenvalue weighted by atomic mass is 9.87. The summed E-state index contributed by atoms with van der Waals surface area (Å²) in [7, 11) is 4.45. The molecule has 72 valence electrons. The molecular formula is C11H23N. The van der Waals surface area contributed by atoms with Crippen LogP contribution in [0.1, 0.15) is 45.4 Å². The zero-order valence-corrected chi connectivity index (χ0v) is 8.84. The third-order valence-electron chi connectivity index (χ3n) is 3.23. The van der Waals surface area contributed by atoms with Crippen LogP contribution in [0.15, 0.2) is 0 Å². The van der Waals surface area contributed by atoms with Crippen LogP contribution >= 0.6 is 0 Å². The molecule has 1 nitrogen and oxygen atoms in total. The van der Waals surface area contributed by atoms with E-state index in [1.54, 1.807) is 0 Å². The summed E-state index contributed by atoms with van der Waals surface area (Å²) in [6.45, 7) is 2.41. The SMILES string of the molecule is CC1CCCCCCC1N(C)C. The summed E-state index contributed by atoms with van der Waals surface area (Å²) < 4.78 is 0. The van der Waals surface area contributed by atoms with Crippen LogP contribution < -0.4 is 0 Å². The predicted octanol–water partition coefficient (Wildman–Crippen LogP) is 2.91. The molecule has 0 radical (unpaired) electrons. The second-order valence-corrected chi connectivity index (χ2v) is 4.50. The molecule has 2 unspecified atom stereocenters. The smallest absolute Gasteiger partial charge is 0.0115 e. The van der Waals surface area contributed by atoms with E-state index in [2.05, 4.69) is 25.9 Å². The molecule has 0 spiro atoms. The zero-order valence-electron chi connectivity index (χ0n) is 8.84. The number of nitrogens with zero attached hydrogens (tertiary/aromatic N) is 1. The number of hydrogen-bond donors (Lipinski definition) is 0. The first-order valence-corrected chi connectivity index (χ1v) is 5.38. The van der Waals surface area contributed by atoms with Crippen molar-refractivity contribution < 1.29 is 0 Å². The third-order valence-corrected chi connectivity index (χ3v) is 3.23. The fourth-order valence-electron chi connectivity index (χ4n) is 2.42. The molecular weight excluding hydrogens is 146 g/mol. The van der Waals surface area contributed by atoms with Gasteiger partial charge in [0.25, 0.3) is 0 Å². The van der Waals surface area contributed by atoms with E-state index in [4.69, 9.17) is 0 Å². The quantitative estimate of drug-likeness (QED) is 0.583. The van der Waals surface area contributed by atoms with E-state index in [1.165, 1.54) is 38.5 Å². The van der Waals surface area contributed by atoms with Gasteiger partial charge in [0.2, 0.25) is 0 Å². The topological polar surface area (TPSA) is 3.24 Å². The maximum atomic E-state index is 2.41. The van der Waals surface area contributed by atoms with Crippen molar-refractivity contribution >= 4 is 0 Å². The van der Waals surface area contributed by atoms with Crippen molar-refractivity contribution in [2.24, 2.45) is 5.92 Å². The fourth-order valence-corrected chi connectivity index (χ4v) is 2.42. The van der Waals surface area contributed by atoms with Gasteiger partial charge in [-0.3, -0.25) is 0 Å². The zero-order chi connectivity index (χ0) is 8.97. The van der Waals surface area contributed by atoms with Gasteiger partial charge in [-0.2, -0.15) is 0 Å². The monoisotopic (exact) mass is 169 g/mol. The van der Waals surface area contributed by atoms with Gasteiger partial charge in [0, 0.05) is 6.04 Å². The fraction of sp³-hybridized carbons (Fsp3) is 1.00. The van der Waals surface area contributed by atoms with Crippen molar-refractivity contribution in [3.63, 3.8) is 0 Å². The first-order valence-electron chi connectivity index (χ1n) is 5.38. The molecule has 1 fully saturated rings. The lowest BCUT2D eigenvalue weighted by Crippen LogP contribution is -2.34. The summed E-state index contributed by atoms with van der Waals surface area (Å²) in [4.78, 5) is 2.41. The molecule has 1 aliphatic carbocycles. The molecule has 1 saturated carbocycles. The average Bonchev–Trinajstić information content (AvgIpc) is 1.96. The van der Waals surface area contributed by atoms with Gasteiger partial charge in [-0.15, -0.1) is 0 Å². The van der Waals surface area contributed by atoms with E-state index >= 15 is 0 Å². The Bertz CT molecular complexity index is 120. The molecule has 0 aromatic rings. The summed E-state index contributed by atoms with van der Waals surface area (Å²) in [5.74, 6) is 0.903. The second kappa shape index (κ2) is 4.86. The highest BCUT2D eigenvalue weighted by molar-refractivity contribution is 4.75. The average molecular weight is 169 g/mol. The minimum Gasteiger partial charge on any atom is -0.306 e. The first-order chi connectivity index (χ1) is 5.72. The lowest BCUT2D eigenvalue weighted by molar-refractivity contribution is 0.184. The van der Waals surface area contributed by atoms with Gasteiger partial charge in [0.15, 0.2) is 0 Å². The molecule has 0 N–H and O–H groups in total. The van der Waals surface area contributed by atoms with Crippen LogP contribution in [0.3, 0.4) is 0 Å². The van der Waals surface area contributed by atoms with Crippen LogP contribution in [-0.4, -0.2) is 25.0 Å². The van der Waals surface area contributed by atoms with E-state index in [0.717, 1.165) is 12.0 Å². The molecule has 0 aliphatic heterocycles. The molecule has 0 aromatic heterocycles. The highest BCUT2D eigenvalue weighted by Crippen LogP contribution is 2.24. The summed E-state index contributed by atoms with van der Waals surface area (Å²) in [5.41, 5.74) is 0. The van der Waals surface area contributed by atoms with E-state index in [9.17, 15) is 0 Å². The van der Waals surface area contributed by atoms with Gasteiger partial charge in [0.05, 0.1) is 0 Å². The Labute approximate surface area is 77.1 Å². The minimum atomic E-state index is 0.838. The van der Waals surface area contributed by atoms with Gasteiger partial charge < -0.3 is 4.90 Å². The van der Waals surface area contributed by atoms with Gasteiger partial charge in [-0.25, -0.2) is 0 Å². The van der Waals surface area contributed by atoms with Crippen molar-refractivity contribution in [3.05, 3.63) is 0 Å². The largest absolute Gasteiger partial charge is 0.306 e. The van der Waals surface area contributed by atoms with E-state index in [1.807, 2.05) is 0 Å². The van der Waals surface area contributed by atoms with Crippen LogP contribution in [0, 0.1) is 5.92 Å². The Hall–Kier alpha value is -0.0400. The van der Waals surface area contributed by atoms with Crippen molar-refractivity contribution in [1.82, 2.24) is 4.90 Å². The maximum Gasteiger partial charge on any atom is 0.0115 e. The molecule has 12 heavy (non-hydrogen) atoms. The van der Waals surface area contributed by atoms with Gasteiger partial charge in [-0.05, 0) is 32.9 Å². The Morgan fingerprint density at radius 2 is 1.50 bits per heavy atom. The van der Waals surface area contributed by atoms with Gasteiger partial charge >= 0.3 is 0 Å². The molecule has 0 bridgehead atoms. The van der Waals surface area contributed by atoms with Gasteiger partial charge in [0.1, 0.15) is 0 Å². The lowest BCUT2D eigenvalue weighted by Gasteiger charge is -2.31. The van der Waals surface area contributed by atoms with Crippen LogP contribution in [-0.2, 0) is 0 Å². The summed E-state index contributed by atoms with van der Waals surface area (Å²) in [6.07, 6.45) is 8.65. The van der Waals surface area contributed by atoms with Crippen LogP contribution in [0.25, 0.3) is 0 Å². The van der Waals surface area contributed by atoms with Crippen molar-refractivity contribution in [3.8, 4) is 0 Å². The summed E-state index contributed by atoms with van der Waals surface area (Å²) in [6, 6.07) is 0.838. The normalized spacial score (nSPS) is 33.0. The molecule has 0 heterocycles. The summed E-state index contributed by atoms with van der Waals surface area (Å²) >= 11 is 0. The Kier molecular flexibility index (Phi) is 4.07. The van der Waals surface area contributed by atoms with E-state index < -0.39 is 0 Å². The molecule has 2 atom stereocenters. The van der Waals surface area contributed by atoms with Crippen molar-refractivity contribution in [2.45, 2.75) is 51.5 Å². The first kappa shape index (κ1) is 10.0. The van der Waals surface area contributed by atoms with E-state index in [-0.39, 0.29) is 0 Å². The van der Waals surface area contributed by atoms with Crippen LogP contribution in [0.4, 0.5) is 0 Å². The number of hydrogen-bond acceptors (Lipinski definition) is 1. The van der Waals surface area contributed by atoms with Crippen molar-refractivity contribution in [2.75, 3.05) is 14.1 Å². The molecule has 0 amide bonds. The molecule has 1 heteroatoms. The Balaban J connectivity index is 2.43. The van der Waals surface area contributed by atoms with E-state index in [0.29, 0.717) is 0 Å². The second-order valence-electron chi connectivity index (χ2n) is 4.50. The molecule has 0 saturated heterocycles.